The van der Waals surface area contributed by atoms with Crippen molar-refractivity contribution in [3.63, 3.8) is 0 Å². The minimum atomic E-state index is -0.915. The number of fused-ring (bicyclic) bond motifs is 1. The van der Waals surface area contributed by atoms with E-state index in [1.807, 2.05) is 76.5 Å². The molecule has 4 amide bonds. The van der Waals surface area contributed by atoms with Crippen LogP contribution in [0.15, 0.2) is 48.0 Å². The molecule has 294 valence electrons. The number of morpholine rings is 1. The molecule has 4 heterocycles. The van der Waals surface area contributed by atoms with Gasteiger partial charge in [-0.25, -0.2) is 9.97 Å². The standard InChI is InChI=1S/C40H51N7O6S2/c1-24(26-12-14-27(15-13-26)34-25(2)42-23-54-34)43-37(51)30-21-28(48)22-47(30)38(52)35(40(3,4)5)44-32(49)11-6-7-16-41-36(50)29-9-8-10-31-33(29)45-39(55-31)46-17-19-53-20-18-46/h8-10,12-15,23-24,28,30,35,48H,6-7,11,16-22H2,1-5H3,(H,41,50)(H,43,51)(H,44,49)/t24?,28-,30+,35?/m1/s1. The van der Waals surface area contributed by atoms with Crippen molar-refractivity contribution in [3.05, 3.63) is 64.8 Å². The molecule has 2 unspecified atom stereocenters. The van der Waals surface area contributed by atoms with Gasteiger partial charge in [-0.3, -0.25) is 19.2 Å². The molecule has 4 aromatic rings. The second-order valence-electron chi connectivity index (χ2n) is 15.3. The molecule has 2 aromatic carbocycles. The Morgan fingerprint density at radius 2 is 1.78 bits per heavy atom. The zero-order valence-corrected chi connectivity index (χ0v) is 33.7. The van der Waals surface area contributed by atoms with Crippen LogP contribution in [0.4, 0.5) is 5.13 Å². The van der Waals surface area contributed by atoms with Gasteiger partial charge in [0.2, 0.25) is 17.7 Å². The van der Waals surface area contributed by atoms with Crippen LogP contribution in [-0.2, 0) is 19.1 Å². The van der Waals surface area contributed by atoms with Crippen molar-refractivity contribution >= 4 is 61.7 Å². The van der Waals surface area contributed by atoms with Gasteiger partial charge in [-0.2, -0.15) is 0 Å². The molecule has 6 rings (SSSR count). The van der Waals surface area contributed by atoms with Crippen LogP contribution >= 0.6 is 22.7 Å². The monoisotopic (exact) mass is 789 g/mol. The number of hydrogen-bond acceptors (Lipinski definition) is 11. The van der Waals surface area contributed by atoms with Gasteiger partial charge in [-0.1, -0.05) is 62.4 Å². The molecule has 2 aromatic heterocycles. The fraction of sp³-hybridized carbons (Fsp3) is 0.500. The number of para-hydroxylation sites is 1. The summed E-state index contributed by atoms with van der Waals surface area (Å²) in [5, 5.41) is 20.4. The maximum atomic E-state index is 14.0. The number of hydrogen-bond donors (Lipinski definition) is 4. The minimum absolute atomic E-state index is 0.000500. The maximum absolute atomic E-state index is 14.0. The average molecular weight is 790 g/mol. The summed E-state index contributed by atoms with van der Waals surface area (Å²) < 4.78 is 6.40. The number of unbranched alkanes of at least 4 members (excludes halogenated alkanes) is 1. The molecule has 4 atom stereocenters. The number of carbonyl (C=O) groups is 4. The van der Waals surface area contributed by atoms with E-state index in [4.69, 9.17) is 9.72 Å². The van der Waals surface area contributed by atoms with Crippen molar-refractivity contribution in [1.29, 1.82) is 0 Å². The van der Waals surface area contributed by atoms with Gasteiger partial charge >= 0.3 is 0 Å². The molecule has 2 saturated heterocycles. The van der Waals surface area contributed by atoms with Crippen LogP contribution in [0.1, 0.15) is 81.0 Å². The first-order valence-corrected chi connectivity index (χ1v) is 20.6. The summed E-state index contributed by atoms with van der Waals surface area (Å²) in [5.74, 6) is -1.28. The zero-order chi connectivity index (χ0) is 39.3. The topological polar surface area (TPSA) is 166 Å². The van der Waals surface area contributed by atoms with Crippen molar-refractivity contribution in [1.82, 2.24) is 30.8 Å². The number of thiazole rings is 2. The van der Waals surface area contributed by atoms with Gasteiger partial charge in [0.25, 0.3) is 5.91 Å². The highest BCUT2D eigenvalue weighted by atomic mass is 32.1. The van der Waals surface area contributed by atoms with Crippen molar-refractivity contribution in [3.8, 4) is 10.4 Å². The lowest BCUT2D eigenvalue weighted by atomic mass is 9.85. The fourth-order valence-corrected chi connectivity index (χ4v) is 8.82. The summed E-state index contributed by atoms with van der Waals surface area (Å²) in [6.07, 6.45) is 0.460. The molecule has 0 spiro atoms. The molecule has 2 fully saturated rings. The first-order chi connectivity index (χ1) is 26.3. The Hall–Kier alpha value is -4.44. The number of aromatic nitrogens is 2. The van der Waals surface area contributed by atoms with Crippen LogP contribution in [-0.4, -0.2) is 101 Å². The first kappa shape index (κ1) is 40.2. The minimum Gasteiger partial charge on any atom is -0.391 e. The van der Waals surface area contributed by atoms with E-state index in [0.717, 1.165) is 44.6 Å². The van der Waals surface area contributed by atoms with Gasteiger partial charge in [-0.15, -0.1) is 11.3 Å². The number of anilines is 1. The number of carbonyl (C=O) groups excluding carboxylic acids is 4. The Morgan fingerprint density at radius 1 is 1.04 bits per heavy atom. The molecule has 55 heavy (non-hydrogen) atoms. The predicted octanol–water partition coefficient (Wildman–Crippen LogP) is 4.84. The number of ether oxygens (including phenoxy) is 1. The largest absolute Gasteiger partial charge is 0.391 e. The number of aliphatic hydroxyl groups excluding tert-OH is 1. The summed E-state index contributed by atoms with van der Waals surface area (Å²) in [7, 11) is 0. The van der Waals surface area contributed by atoms with Gasteiger partial charge in [0.1, 0.15) is 12.1 Å². The van der Waals surface area contributed by atoms with Crippen molar-refractivity contribution in [2.75, 3.05) is 44.3 Å². The molecule has 2 aliphatic heterocycles. The molecular formula is C40H51N7O6S2. The number of benzene rings is 2. The van der Waals surface area contributed by atoms with E-state index in [1.165, 1.54) is 4.90 Å². The van der Waals surface area contributed by atoms with Crippen LogP contribution in [0.2, 0.25) is 0 Å². The zero-order valence-electron chi connectivity index (χ0n) is 32.1. The number of amides is 4. The lowest BCUT2D eigenvalue weighted by Gasteiger charge is -2.35. The van der Waals surface area contributed by atoms with Crippen LogP contribution in [0.5, 0.6) is 0 Å². The SMILES string of the molecule is Cc1ncsc1-c1ccc(C(C)NC(=O)[C@@H]2C[C@@H](O)CN2C(=O)C(NC(=O)CCCCNC(=O)c2cccc3sc(N4CCOCC4)nc23)C(C)(C)C)cc1. The Bertz CT molecular complexity index is 1980. The Morgan fingerprint density at radius 3 is 2.47 bits per heavy atom. The summed E-state index contributed by atoms with van der Waals surface area (Å²) >= 11 is 3.14. The number of rotatable bonds is 13. The molecule has 0 radical (unpaired) electrons. The van der Waals surface area contributed by atoms with E-state index in [1.54, 1.807) is 28.7 Å². The fourth-order valence-electron chi connectivity index (χ4n) is 6.97. The van der Waals surface area contributed by atoms with E-state index >= 15 is 0 Å². The van der Waals surface area contributed by atoms with Crippen molar-refractivity contribution < 1.29 is 29.0 Å². The molecule has 13 nitrogen and oxygen atoms in total. The highest BCUT2D eigenvalue weighted by Gasteiger charge is 2.44. The lowest BCUT2D eigenvalue weighted by Crippen LogP contribution is -2.57. The summed E-state index contributed by atoms with van der Waals surface area (Å²) in [5.41, 5.74) is 5.27. The maximum Gasteiger partial charge on any atom is 0.253 e. The predicted molar refractivity (Wildman–Crippen MR) is 215 cm³/mol. The van der Waals surface area contributed by atoms with Gasteiger partial charge in [0, 0.05) is 39.0 Å². The van der Waals surface area contributed by atoms with Gasteiger partial charge < -0.3 is 35.6 Å². The number of likely N-dealkylation sites (tertiary alicyclic amines) is 1. The van der Waals surface area contributed by atoms with Crippen LogP contribution in [0, 0.1) is 12.3 Å². The van der Waals surface area contributed by atoms with Crippen molar-refractivity contribution in [2.24, 2.45) is 5.41 Å². The smallest absolute Gasteiger partial charge is 0.253 e. The summed E-state index contributed by atoms with van der Waals surface area (Å²) in [6, 6.07) is 11.4. The Labute approximate surface area is 329 Å². The van der Waals surface area contributed by atoms with Crippen LogP contribution < -0.4 is 20.9 Å². The summed E-state index contributed by atoms with van der Waals surface area (Å²) in [6.45, 7) is 12.7. The van der Waals surface area contributed by atoms with Gasteiger partial charge in [0.15, 0.2) is 5.13 Å². The van der Waals surface area contributed by atoms with Gasteiger partial charge in [-0.05, 0) is 55.4 Å². The highest BCUT2D eigenvalue weighted by molar-refractivity contribution is 7.22. The third kappa shape index (κ3) is 9.69. The highest BCUT2D eigenvalue weighted by Crippen LogP contribution is 2.32. The Kier molecular flexibility index (Phi) is 12.9. The molecule has 0 aliphatic carbocycles. The van der Waals surface area contributed by atoms with E-state index in [9.17, 15) is 24.3 Å². The van der Waals surface area contributed by atoms with E-state index in [-0.39, 0.29) is 43.1 Å². The molecule has 4 N–H and O–H groups in total. The number of nitrogens with zero attached hydrogens (tertiary/aromatic N) is 4. The first-order valence-electron chi connectivity index (χ1n) is 18.9. The number of β-amino-alcohol motifs (C(OH)–C–C–N with tert-alkyl or cyclic N) is 1. The molecule has 0 saturated carbocycles. The normalized spacial score (nSPS) is 18.6. The number of aliphatic hydroxyl groups is 1. The number of aryl methyl sites for hydroxylation is 1. The van der Waals surface area contributed by atoms with Gasteiger partial charge in [0.05, 0.1) is 57.2 Å². The summed E-state index contributed by atoms with van der Waals surface area (Å²) in [4.78, 5) is 67.8. The molecule has 2 aliphatic rings. The molecule has 0 bridgehead atoms. The van der Waals surface area contributed by atoms with Crippen molar-refractivity contribution in [2.45, 2.75) is 84.5 Å². The van der Waals surface area contributed by atoms with Crippen LogP contribution in [0.3, 0.4) is 0 Å². The third-order valence-electron chi connectivity index (χ3n) is 10.1. The average Bonchev–Trinajstić information content (AvgIpc) is 3.91. The molecule has 15 heteroatoms. The third-order valence-corrected chi connectivity index (χ3v) is 12.2. The van der Waals surface area contributed by atoms with E-state index < -0.39 is 29.5 Å². The number of nitrogens with one attached hydrogen (secondary N) is 3. The second kappa shape index (κ2) is 17.6. The quantitative estimate of drug-likeness (QED) is 0.139. The van der Waals surface area contributed by atoms with E-state index in [0.29, 0.717) is 43.7 Å². The molecular weight excluding hydrogens is 739 g/mol. The van der Waals surface area contributed by atoms with Crippen LogP contribution in [0.25, 0.3) is 20.7 Å². The Balaban J connectivity index is 0.994. The second-order valence-corrected chi connectivity index (χ2v) is 17.2. The van der Waals surface area contributed by atoms with E-state index in [2.05, 4.69) is 25.8 Å². The lowest BCUT2D eigenvalue weighted by molar-refractivity contribution is -0.144.